The van der Waals surface area contributed by atoms with Crippen LogP contribution < -0.4 is 10.5 Å². The van der Waals surface area contributed by atoms with E-state index in [-0.39, 0.29) is 12.4 Å². The number of ether oxygens (including phenoxy) is 1. The van der Waals surface area contributed by atoms with Crippen molar-refractivity contribution in [2.45, 2.75) is 0 Å². The smallest absolute Gasteiger partial charge is 0.177 e. The Balaban J connectivity index is 1.98. The Morgan fingerprint density at radius 3 is 2.82 bits per heavy atom. The van der Waals surface area contributed by atoms with Crippen molar-refractivity contribution in [3.63, 3.8) is 0 Å². The van der Waals surface area contributed by atoms with Crippen molar-refractivity contribution in [1.82, 2.24) is 0 Å². The molecule has 0 aliphatic carbocycles. The number of oxime groups is 1. The minimum absolute atomic E-state index is 0.0461. The van der Waals surface area contributed by atoms with Crippen molar-refractivity contribution < 1.29 is 9.94 Å². The van der Waals surface area contributed by atoms with Crippen LogP contribution in [0.15, 0.2) is 34.4 Å². The SMILES string of the molecule is N/C(COc1ccc(C2=NCCS2)cc1)=N\O. The van der Waals surface area contributed by atoms with Crippen molar-refractivity contribution >= 4 is 22.6 Å². The molecule has 0 unspecified atom stereocenters. The molecule has 1 aromatic carbocycles. The van der Waals surface area contributed by atoms with Gasteiger partial charge in [0.1, 0.15) is 12.4 Å². The number of amidine groups is 1. The summed E-state index contributed by atoms with van der Waals surface area (Å²) in [4.78, 5) is 4.39. The van der Waals surface area contributed by atoms with Crippen LogP contribution in [0.25, 0.3) is 0 Å². The van der Waals surface area contributed by atoms with Gasteiger partial charge in [-0.15, -0.1) is 11.8 Å². The Bertz CT molecular complexity index is 443. The van der Waals surface area contributed by atoms with Gasteiger partial charge in [-0.25, -0.2) is 0 Å². The topological polar surface area (TPSA) is 80.2 Å². The molecule has 3 N–H and O–H groups in total. The number of thioether (sulfide) groups is 1. The quantitative estimate of drug-likeness (QED) is 0.366. The van der Waals surface area contributed by atoms with Crippen LogP contribution in [-0.4, -0.2) is 35.0 Å². The molecule has 0 amide bonds. The monoisotopic (exact) mass is 251 g/mol. The highest BCUT2D eigenvalue weighted by atomic mass is 32.2. The normalized spacial score (nSPS) is 15.8. The van der Waals surface area contributed by atoms with Crippen molar-refractivity contribution in [2.24, 2.45) is 15.9 Å². The zero-order valence-corrected chi connectivity index (χ0v) is 9.98. The molecule has 17 heavy (non-hydrogen) atoms. The molecule has 0 saturated carbocycles. The molecule has 0 saturated heterocycles. The standard InChI is InChI=1S/C11H13N3O2S/c12-10(14-15)7-16-9-3-1-8(2-4-9)11-13-5-6-17-11/h1-4,15H,5-7H2,(H2,12,14). The first-order valence-electron chi connectivity index (χ1n) is 5.16. The van der Waals surface area contributed by atoms with Gasteiger partial charge in [0.15, 0.2) is 5.84 Å². The molecule has 0 atom stereocenters. The van der Waals surface area contributed by atoms with Crippen molar-refractivity contribution in [3.05, 3.63) is 29.8 Å². The summed E-state index contributed by atoms with van der Waals surface area (Å²) in [5.41, 5.74) is 6.40. The predicted molar refractivity (Wildman–Crippen MR) is 69.2 cm³/mol. The Morgan fingerprint density at radius 1 is 1.47 bits per heavy atom. The summed E-state index contributed by atoms with van der Waals surface area (Å²) in [6.07, 6.45) is 0. The van der Waals surface area contributed by atoms with Gasteiger partial charge in [-0.3, -0.25) is 4.99 Å². The van der Waals surface area contributed by atoms with Crippen molar-refractivity contribution in [1.29, 1.82) is 0 Å². The molecular weight excluding hydrogens is 238 g/mol. The maximum absolute atomic E-state index is 8.36. The molecule has 0 aromatic heterocycles. The molecule has 6 heteroatoms. The lowest BCUT2D eigenvalue weighted by atomic mass is 10.2. The van der Waals surface area contributed by atoms with Gasteiger partial charge in [0.25, 0.3) is 0 Å². The zero-order chi connectivity index (χ0) is 12.1. The highest BCUT2D eigenvalue weighted by molar-refractivity contribution is 8.14. The second-order valence-corrected chi connectivity index (χ2v) is 4.52. The van der Waals surface area contributed by atoms with E-state index in [0.717, 1.165) is 22.9 Å². The van der Waals surface area contributed by atoms with E-state index in [4.69, 9.17) is 15.7 Å². The number of rotatable bonds is 4. The van der Waals surface area contributed by atoms with Gasteiger partial charge >= 0.3 is 0 Å². The van der Waals surface area contributed by atoms with E-state index in [2.05, 4.69) is 10.1 Å². The molecule has 0 bridgehead atoms. The number of hydrogen-bond donors (Lipinski definition) is 2. The molecule has 0 spiro atoms. The molecule has 2 rings (SSSR count). The first-order chi connectivity index (χ1) is 8.29. The van der Waals surface area contributed by atoms with Crippen LogP contribution in [0.3, 0.4) is 0 Å². The van der Waals surface area contributed by atoms with Crippen LogP contribution >= 0.6 is 11.8 Å². The van der Waals surface area contributed by atoms with Crippen LogP contribution in [0.2, 0.25) is 0 Å². The fourth-order valence-electron chi connectivity index (χ4n) is 1.39. The maximum Gasteiger partial charge on any atom is 0.177 e. The fraction of sp³-hybridized carbons (Fsp3) is 0.273. The lowest BCUT2D eigenvalue weighted by Crippen LogP contribution is -2.20. The number of benzene rings is 1. The van der Waals surface area contributed by atoms with Crippen LogP contribution in [-0.2, 0) is 0 Å². The molecular formula is C11H13N3O2S. The zero-order valence-electron chi connectivity index (χ0n) is 9.17. The third kappa shape index (κ3) is 3.13. The van der Waals surface area contributed by atoms with Gasteiger partial charge in [-0.2, -0.15) is 0 Å². The number of nitrogens with two attached hydrogens (primary N) is 1. The van der Waals surface area contributed by atoms with E-state index < -0.39 is 0 Å². The number of hydrogen-bond acceptors (Lipinski definition) is 5. The van der Waals surface area contributed by atoms with E-state index in [1.54, 1.807) is 11.8 Å². The minimum atomic E-state index is 0.0461. The van der Waals surface area contributed by atoms with Crippen LogP contribution in [0.5, 0.6) is 5.75 Å². The minimum Gasteiger partial charge on any atom is -0.486 e. The van der Waals surface area contributed by atoms with E-state index in [9.17, 15) is 0 Å². The first kappa shape index (κ1) is 11.8. The number of aliphatic imine (C=N–C) groups is 1. The molecule has 1 heterocycles. The van der Waals surface area contributed by atoms with E-state index in [1.807, 2.05) is 24.3 Å². The third-order valence-corrected chi connectivity index (χ3v) is 3.23. The second kappa shape index (κ2) is 5.58. The van der Waals surface area contributed by atoms with E-state index in [1.165, 1.54) is 0 Å². The summed E-state index contributed by atoms with van der Waals surface area (Å²) in [5, 5.41) is 12.3. The molecule has 1 aromatic rings. The van der Waals surface area contributed by atoms with Gasteiger partial charge in [0.2, 0.25) is 0 Å². The summed E-state index contributed by atoms with van der Waals surface area (Å²) in [6.45, 7) is 0.966. The fourth-order valence-corrected chi connectivity index (χ4v) is 2.25. The summed E-state index contributed by atoms with van der Waals surface area (Å²) < 4.78 is 5.31. The molecule has 90 valence electrons. The highest BCUT2D eigenvalue weighted by Gasteiger charge is 2.09. The molecule has 0 radical (unpaired) electrons. The third-order valence-electron chi connectivity index (χ3n) is 2.20. The van der Waals surface area contributed by atoms with Crippen LogP contribution in [0.1, 0.15) is 5.56 Å². The average molecular weight is 251 g/mol. The molecule has 1 aliphatic heterocycles. The lowest BCUT2D eigenvalue weighted by Gasteiger charge is -2.05. The first-order valence-corrected chi connectivity index (χ1v) is 6.15. The summed E-state index contributed by atoms with van der Waals surface area (Å²) in [7, 11) is 0. The van der Waals surface area contributed by atoms with Crippen LogP contribution in [0.4, 0.5) is 0 Å². The summed E-state index contributed by atoms with van der Waals surface area (Å²) in [5.74, 6) is 1.78. The molecule has 1 aliphatic rings. The summed E-state index contributed by atoms with van der Waals surface area (Å²) >= 11 is 1.76. The van der Waals surface area contributed by atoms with Crippen molar-refractivity contribution in [3.8, 4) is 5.75 Å². The van der Waals surface area contributed by atoms with Gasteiger partial charge in [-0.05, 0) is 24.3 Å². The van der Waals surface area contributed by atoms with Crippen LogP contribution in [0, 0.1) is 0 Å². The van der Waals surface area contributed by atoms with E-state index >= 15 is 0 Å². The maximum atomic E-state index is 8.36. The van der Waals surface area contributed by atoms with E-state index in [0.29, 0.717) is 5.75 Å². The summed E-state index contributed by atoms with van der Waals surface area (Å²) in [6, 6.07) is 7.61. The van der Waals surface area contributed by atoms with Gasteiger partial charge < -0.3 is 15.7 Å². The predicted octanol–water partition coefficient (Wildman–Crippen LogP) is 1.31. The Morgan fingerprint density at radius 2 is 2.24 bits per heavy atom. The second-order valence-electron chi connectivity index (χ2n) is 3.44. The Labute approximate surface area is 103 Å². The lowest BCUT2D eigenvalue weighted by molar-refractivity contribution is 0.306. The Hall–Kier alpha value is -1.69. The van der Waals surface area contributed by atoms with Gasteiger partial charge in [0.05, 0.1) is 5.04 Å². The Kier molecular flexibility index (Phi) is 3.87. The molecule has 5 nitrogen and oxygen atoms in total. The largest absolute Gasteiger partial charge is 0.486 e. The van der Waals surface area contributed by atoms with Gasteiger partial charge in [0, 0.05) is 17.9 Å². The number of nitrogens with zero attached hydrogens (tertiary/aromatic N) is 2. The van der Waals surface area contributed by atoms with Crippen molar-refractivity contribution in [2.75, 3.05) is 18.9 Å². The average Bonchev–Trinajstić information content (AvgIpc) is 2.90. The highest BCUT2D eigenvalue weighted by Crippen LogP contribution is 2.21. The molecule has 0 fully saturated rings. The van der Waals surface area contributed by atoms with Gasteiger partial charge in [-0.1, -0.05) is 5.16 Å².